The first-order valence-corrected chi connectivity index (χ1v) is 23.2. The average molecular weight is 1330 g/mol. The minimum Gasteiger partial charge on any atom is -0.447 e. The smallest absolute Gasteiger partial charge is 0.284 e. The van der Waals surface area contributed by atoms with Gasteiger partial charge in [-0.15, -0.1) is 0 Å². The van der Waals surface area contributed by atoms with Crippen LogP contribution in [0.25, 0.3) is 0 Å². The van der Waals surface area contributed by atoms with Gasteiger partial charge < -0.3 is 4.12 Å². The molecule has 4 aromatic rings. The normalized spacial score (nSPS) is 12.1. The Bertz CT molecular complexity index is 1380. The Morgan fingerprint density at radius 2 is 0.615 bits per heavy atom. The molecule has 0 aliphatic carbocycles. The summed E-state index contributed by atoms with van der Waals surface area (Å²) in [7, 11) is -4.70. The monoisotopic (exact) mass is 1320 g/mol. The molecule has 4 rings (SSSR count). The Labute approximate surface area is 330 Å². The first kappa shape index (κ1) is 34.9. The van der Waals surface area contributed by atoms with E-state index in [1.165, 1.54) is 0 Å². The van der Waals surface area contributed by atoms with E-state index >= 15 is 0 Å². The van der Waals surface area contributed by atoms with Crippen molar-refractivity contribution in [1.82, 2.24) is 0 Å². The van der Waals surface area contributed by atoms with E-state index in [4.69, 9.17) is 4.12 Å². The maximum atomic E-state index is 7.56. The van der Waals surface area contributed by atoms with Crippen LogP contribution in [0.1, 0.15) is 0 Å². The van der Waals surface area contributed by atoms with Crippen molar-refractivity contribution in [3.8, 4) is 0 Å². The van der Waals surface area contributed by atoms with Gasteiger partial charge in [0.2, 0.25) is 0 Å². The second kappa shape index (κ2) is 14.6. The summed E-state index contributed by atoms with van der Waals surface area (Å²) in [4.78, 5) is 0. The Hall–Kier alpha value is 3.03. The molecule has 0 radical (unpaired) electrons. The van der Waals surface area contributed by atoms with Crippen LogP contribution in [0, 0.1) is 0 Å². The number of hydrogen-bond acceptors (Lipinski definition) is 1. The first-order chi connectivity index (χ1) is 18.3. The van der Waals surface area contributed by atoms with Gasteiger partial charge in [0.05, 0.1) is 0 Å². The summed E-state index contributed by atoms with van der Waals surface area (Å²) >= 11 is 45.7. The molecule has 0 aliphatic heterocycles. The quantitative estimate of drug-likeness (QED) is 0.138. The zero-order chi connectivity index (χ0) is 28.8. The Kier molecular flexibility index (Phi) is 13.1. The van der Waals surface area contributed by atoms with Gasteiger partial charge in [-0.2, -0.15) is 0 Å². The van der Waals surface area contributed by atoms with Gasteiger partial charge in [0.15, 0.2) is 9.76 Å². The minimum atomic E-state index is -3.34. The zero-order valence-electron chi connectivity index (χ0n) is 18.8. The van der Waals surface area contributed by atoms with Crippen LogP contribution in [-0.2, 0) is 4.12 Å². The lowest BCUT2D eigenvalue weighted by Crippen LogP contribution is -2.72. The van der Waals surface area contributed by atoms with E-state index in [1.54, 1.807) is 0 Å². The number of benzene rings is 4. The molecule has 0 atom stereocenters. The Balaban J connectivity index is 2.20. The van der Waals surface area contributed by atoms with Gasteiger partial charge in [0, 0.05) is 69.2 Å². The number of hydrogen-bond donors (Lipinski definition) is 0. The summed E-state index contributed by atoms with van der Waals surface area (Å²) in [5.74, 6) is 0. The van der Waals surface area contributed by atoms with Crippen molar-refractivity contribution in [2.75, 3.05) is 0 Å². The summed E-state index contributed by atoms with van der Waals surface area (Å²) in [5.41, 5.74) is 0. The molecule has 0 unspecified atom stereocenters. The van der Waals surface area contributed by atoms with Gasteiger partial charge in [0.25, 0.3) is 8.32 Å². The maximum absolute atomic E-state index is 7.56. The third-order valence-corrected chi connectivity index (χ3v) is 22.9. The predicted octanol–water partition coefficient (Wildman–Crippen LogP) is 11.2. The van der Waals surface area contributed by atoms with E-state index in [9.17, 15) is 0 Å². The number of rotatable bonds is 6. The highest BCUT2D eigenvalue weighted by Gasteiger charge is 2.50. The van der Waals surface area contributed by atoms with Crippen molar-refractivity contribution >= 4 is 230 Å². The highest BCUT2D eigenvalue weighted by atomic mass is 79.9. The standard InChI is InChI=1S/C24H10Br12OSi2/c25-9-1-13(29)21(14(30)2-9)38-37-39(22-15(31)3-10(26)4-16(22)32,23-17(33)5-11(27)6-18(23)34)24-19(35)7-12(28)8-20(24)36/h1-8H,38H2. The van der Waals surface area contributed by atoms with E-state index in [0.717, 1.165) is 74.4 Å². The van der Waals surface area contributed by atoms with Crippen molar-refractivity contribution in [2.24, 2.45) is 0 Å². The Morgan fingerprint density at radius 3 is 0.872 bits per heavy atom. The summed E-state index contributed by atoms with van der Waals surface area (Å²) in [6.07, 6.45) is 0. The van der Waals surface area contributed by atoms with Gasteiger partial charge >= 0.3 is 0 Å². The lowest BCUT2D eigenvalue weighted by Gasteiger charge is -2.38. The van der Waals surface area contributed by atoms with Crippen LogP contribution < -0.4 is 20.7 Å². The van der Waals surface area contributed by atoms with Gasteiger partial charge in [-0.05, 0) is 53.7 Å². The highest BCUT2D eigenvalue weighted by molar-refractivity contribution is 9.13. The molecule has 0 heterocycles. The van der Waals surface area contributed by atoms with Crippen LogP contribution in [0.5, 0.6) is 0 Å². The lowest BCUT2D eigenvalue weighted by atomic mass is 10.3. The van der Waals surface area contributed by atoms with Crippen molar-refractivity contribution in [2.45, 2.75) is 0 Å². The largest absolute Gasteiger partial charge is 0.447 e. The summed E-state index contributed by atoms with van der Waals surface area (Å²) in [6.45, 7) is 0. The first-order valence-electron chi connectivity index (χ1n) is 10.5. The average Bonchev–Trinajstić information content (AvgIpc) is 2.76. The van der Waals surface area contributed by atoms with E-state index < -0.39 is 18.1 Å². The van der Waals surface area contributed by atoms with E-state index in [-0.39, 0.29) is 0 Å². The third-order valence-electron chi connectivity index (χ3n) is 5.62. The van der Waals surface area contributed by atoms with Gasteiger partial charge in [-0.1, -0.05) is 191 Å². The van der Waals surface area contributed by atoms with E-state index in [2.05, 4.69) is 240 Å². The molecule has 1 nitrogen and oxygen atoms in total. The molecule has 0 saturated heterocycles. The number of halogens is 12. The maximum Gasteiger partial charge on any atom is 0.284 e. The van der Waals surface area contributed by atoms with Gasteiger partial charge in [0.1, 0.15) is 0 Å². The van der Waals surface area contributed by atoms with E-state index in [0.29, 0.717) is 0 Å². The second-order valence-electron chi connectivity index (χ2n) is 8.05. The SMILES string of the molecule is Brc1cc(Br)c([SiH2]O[Si](c2c(Br)cc(Br)cc2Br)(c2c(Br)cc(Br)cc2Br)c2c(Br)cc(Br)cc2Br)c(Br)c1. The van der Waals surface area contributed by atoms with Crippen molar-refractivity contribution < 1.29 is 4.12 Å². The third kappa shape index (κ3) is 7.54. The highest BCUT2D eigenvalue weighted by Crippen LogP contribution is 2.35. The molecule has 0 aromatic heterocycles. The summed E-state index contributed by atoms with van der Waals surface area (Å²) < 4.78 is 19.0. The van der Waals surface area contributed by atoms with Crippen LogP contribution in [0.2, 0.25) is 0 Å². The van der Waals surface area contributed by atoms with Crippen LogP contribution in [-0.4, -0.2) is 18.1 Å². The van der Waals surface area contributed by atoms with Crippen molar-refractivity contribution in [1.29, 1.82) is 0 Å². The Morgan fingerprint density at radius 1 is 0.385 bits per heavy atom. The second-order valence-corrected chi connectivity index (χ2v) is 23.6. The molecule has 0 amide bonds. The van der Waals surface area contributed by atoms with Gasteiger partial charge in [-0.3, -0.25) is 0 Å². The fourth-order valence-corrected chi connectivity index (χ4v) is 25.7. The topological polar surface area (TPSA) is 9.23 Å². The molecule has 0 N–H and O–H groups in total. The minimum absolute atomic E-state index is 0.932. The van der Waals surface area contributed by atoms with Gasteiger partial charge in [-0.25, -0.2) is 0 Å². The summed E-state index contributed by atoms with van der Waals surface area (Å²) in [5, 5.41) is 4.29. The fraction of sp³-hybridized carbons (Fsp3) is 0. The molecule has 0 spiro atoms. The molecule has 204 valence electrons. The molecule has 0 aliphatic rings. The van der Waals surface area contributed by atoms with Crippen LogP contribution >= 0.6 is 191 Å². The van der Waals surface area contributed by atoms with E-state index in [1.807, 2.05) is 0 Å². The molecule has 39 heavy (non-hydrogen) atoms. The molecular formula is C24H10Br12OSi2. The molecular weight excluding hydrogens is 1320 g/mol. The molecule has 0 saturated carbocycles. The van der Waals surface area contributed by atoms with Crippen LogP contribution in [0.4, 0.5) is 0 Å². The predicted molar refractivity (Wildman–Crippen MR) is 212 cm³/mol. The van der Waals surface area contributed by atoms with Crippen LogP contribution in [0.15, 0.2) is 102 Å². The molecule has 0 fully saturated rings. The molecule has 15 heteroatoms. The fourth-order valence-electron chi connectivity index (χ4n) is 4.12. The summed E-state index contributed by atoms with van der Waals surface area (Å²) in [6, 6.07) is 16.5. The van der Waals surface area contributed by atoms with Crippen molar-refractivity contribution in [3.63, 3.8) is 0 Å². The zero-order valence-corrected chi connectivity index (χ0v) is 40.2. The molecule has 0 bridgehead atoms. The molecule has 4 aromatic carbocycles. The van der Waals surface area contributed by atoms with Crippen LogP contribution in [0.3, 0.4) is 0 Å². The lowest BCUT2D eigenvalue weighted by molar-refractivity contribution is 0.629. The van der Waals surface area contributed by atoms with Crippen molar-refractivity contribution in [3.05, 3.63) is 102 Å².